The molecule has 0 aliphatic carbocycles. The largest absolute Gasteiger partial charge is 0.301 e. The summed E-state index contributed by atoms with van der Waals surface area (Å²) in [5.74, 6) is -0.101. The first-order valence-electron chi connectivity index (χ1n) is 5.20. The molecule has 16 heavy (non-hydrogen) atoms. The van der Waals surface area contributed by atoms with E-state index in [-0.39, 0.29) is 11.7 Å². The Labute approximate surface area is 94.4 Å². The molecule has 0 fully saturated rings. The minimum Gasteiger partial charge on any atom is -0.301 e. The molecular formula is C13H13NO2. The highest BCUT2D eigenvalue weighted by Crippen LogP contribution is 2.33. The van der Waals surface area contributed by atoms with Crippen LogP contribution < -0.4 is 4.90 Å². The third-order valence-corrected chi connectivity index (χ3v) is 2.77. The Bertz CT molecular complexity index is 465. The van der Waals surface area contributed by atoms with Gasteiger partial charge in [-0.15, -0.1) is 6.58 Å². The minimum atomic E-state index is -0.410. The summed E-state index contributed by atoms with van der Waals surface area (Å²) in [6.45, 7) is 5.10. The maximum Gasteiger partial charge on any atom is 0.224 e. The summed E-state index contributed by atoms with van der Waals surface area (Å²) < 4.78 is 0. The van der Waals surface area contributed by atoms with Gasteiger partial charge in [0.25, 0.3) is 0 Å². The third kappa shape index (κ3) is 1.45. The molecule has 0 bridgehead atoms. The van der Waals surface area contributed by atoms with E-state index in [9.17, 15) is 9.59 Å². The SMILES string of the molecule is C=CCC1C(=O)c2ccccc2N1C(C)=O. The minimum absolute atomic E-state index is 0.00528. The van der Waals surface area contributed by atoms with E-state index in [2.05, 4.69) is 6.58 Å². The predicted molar refractivity (Wildman–Crippen MR) is 62.5 cm³/mol. The summed E-state index contributed by atoms with van der Waals surface area (Å²) in [6, 6.07) is 6.80. The molecule has 82 valence electrons. The number of amides is 1. The first kappa shape index (κ1) is 10.6. The van der Waals surface area contributed by atoms with Crippen LogP contribution >= 0.6 is 0 Å². The molecule has 1 atom stereocenters. The van der Waals surface area contributed by atoms with Crippen LogP contribution in [0.1, 0.15) is 23.7 Å². The molecular weight excluding hydrogens is 202 g/mol. The number of Topliss-reactive ketones (excluding diaryl/α,β-unsaturated/α-hetero) is 1. The molecule has 0 N–H and O–H groups in total. The maximum absolute atomic E-state index is 12.1. The summed E-state index contributed by atoms with van der Waals surface area (Å²) in [5.41, 5.74) is 1.34. The standard InChI is InChI=1S/C13H13NO2/c1-3-6-12-13(16)10-7-4-5-8-11(10)14(12)9(2)15/h3-5,7-8,12H,1,6H2,2H3. The fraction of sp³-hybridized carbons (Fsp3) is 0.231. The molecule has 1 amide bonds. The van der Waals surface area contributed by atoms with Crippen LogP contribution in [0.2, 0.25) is 0 Å². The van der Waals surface area contributed by atoms with Gasteiger partial charge in [-0.3, -0.25) is 9.59 Å². The molecule has 1 aliphatic heterocycles. The summed E-state index contributed by atoms with van der Waals surface area (Å²) in [5, 5.41) is 0. The number of rotatable bonds is 2. The number of hydrogen-bond donors (Lipinski definition) is 0. The smallest absolute Gasteiger partial charge is 0.224 e. The molecule has 1 heterocycles. The number of carbonyl (C=O) groups excluding carboxylic acids is 2. The number of ketones is 1. The zero-order valence-electron chi connectivity index (χ0n) is 9.14. The Morgan fingerprint density at radius 1 is 1.50 bits per heavy atom. The highest BCUT2D eigenvalue weighted by molar-refractivity contribution is 6.17. The summed E-state index contributed by atoms with van der Waals surface area (Å²) in [6.07, 6.45) is 2.16. The van der Waals surface area contributed by atoms with Gasteiger partial charge in [-0.2, -0.15) is 0 Å². The molecule has 1 aromatic carbocycles. The van der Waals surface area contributed by atoms with Crippen LogP contribution in [0, 0.1) is 0 Å². The molecule has 3 nitrogen and oxygen atoms in total. The highest BCUT2D eigenvalue weighted by Gasteiger charge is 2.37. The molecule has 1 unspecified atom stereocenters. The van der Waals surface area contributed by atoms with E-state index in [0.29, 0.717) is 17.7 Å². The van der Waals surface area contributed by atoms with Crippen molar-refractivity contribution in [3.05, 3.63) is 42.5 Å². The number of anilines is 1. The van der Waals surface area contributed by atoms with E-state index in [4.69, 9.17) is 0 Å². The third-order valence-electron chi connectivity index (χ3n) is 2.77. The Hall–Kier alpha value is -1.90. The quantitative estimate of drug-likeness (QED) is 0.709. The molecule has 2 rings (SSSR count). The van der Waals surface area contributed by atoms with E-state index in [1.54, 1.807) is 23.1 Å². The fourth-order valence-corrected chi connectivity index (χ4v) is 2.12. The van der Waals surface area contributed by atoms with Crippen LogP contribution in [0.4, 0.5) is 5.69 Å². The van der Waals surface area contributed by atoms with E-state index in [0.717, 1.165) is 0 Å². The zero-order chi connectivity index (χ0) is 11.7. The van der Waals surface area contributed by atoms with E-state index in [1.807, 2.05) is 12.1 Å². The molecule has 0 saturated carbocycles. The van der Waals surface area contributed by atoms with Gasteiger partial charge in [-0.05, 0) is 18.6 Å². The van der Waals surface area contributed by atoms with Gasteiger partial charge in [0, 0.05) is 12.5 Å². The second-order valence-electron chi connectivity index (χ2n) is 3.81. The van der Waals surface area contributed by atoms with Gasteiger partial charge in [0.05, 0.1) is 5.69 Å². The van der Waals surface area contributed by atoms with Gasteiger partial charge in [-0.1, -0.05) is 18.2 Å². The lowest BCUT2D eigenvalue weighted by molar-refractivity contribution is -0.116. The Balaban J connectivity index is 2.51. The molecule has 1 aromatic rings. The summed E-state index contributed by atoms with van der Waals surface area (Å²) in [4.78, 5) is 25.2. The topological polar surface area (TPSA) is 37.4 Å². The van der Waals surface area contributed by atoms with E-state index < -0.39 is 6.04 Å². The monoisotopic (exact) mass is 215 g/mol. The maximum atomic E-state index is 12.1. The Kier molecular flexibility index (Phi) is 2.60. The van der Waals surface area contributed by atoms with Crippen molar-refractivity contribution in [1.29, 1.82) is 0 Å². The second kappa shape index (κ2) is 3.93. The molecule has 1 aliphatic rings. The lowest BCUT2D eigenvalue weighted by Crippen LogP contribution is -2.38. The van der Waals surface area contributed by atoms with Crippen LogP contribution in [0.5, 0.6) is 0 Å². The van der Waals surface area contributed by atoms with Gasteiger partial charge in [0.2, 0.25) is 5.91 Å². The van der Waals surface area contributed by atoms with Crippen molar-refractivity contribution in [1.82, 2.24) is 0 Å². The van der Waals surface area contributed by atoms with Crippen molar-refractivity contribution in [2.24, 2.45) is 0 Å². The fourth-order valence-electron chi connectivity index (χ4n) is 2.12. The molecule has 0 radical (unpaired) electrons. The van der Waals surface area contributed by atoms with Crippen LogP contribution in [-0.2, 0) is 4.79 Å². The average molecular weight is 215 g/mol. The van der Waals surface area contributed by atoms with Crippen LogP contribution in [-0.4, -0.2) is 17.7 Å². The van der Waals surface area contributed by atoms with Gasteiger partial charge in [0.1, 0.15) is 6.04 Å². The lowest BCUT2D eigenvalue weighted by atomic mass is 10.1. The number of nitrogens with zero attached hydrogens (tertiary/aromatic N) is 1. The van der Waals surface area contributed by atoms with Crippen LogP contribution in [0.15, 0.2) is 36.9 Å². The molecule has 3 heteroatoms. The Morgan fingerprint density at radius 3 is 2.81 bits per heavy atom. The molecule has 0 spiro atoms. The van der Waals surface area contributed by atoms with Crippen molar-refractivity contribution in [3.63, 3.8) is 0 Å². The lowest BCUT2D eigenvalue weighted by Gasteiger charge is -2.21. The number of hydrogen-bond acceptors (Lipinski definition) is 2. The van der Waals surface area contributed by atoms with Crippen LogP contribution in [0.25, 0.3) is 0 Å². The van der Waals surface area contributed by atoms with Gasteiger partial charge in [-0.25, -0.2) is 0 Å². The van der Waals surface area contributed by atoms with Crippen LogP contribution in [0.3, 0.4) is 0 Å². The van der Waals surface area contributed by atoms with Gasteiger partial charge >= 0.3 is 0 Å². The van der Waals surface area contributed by atoms with Crippen molar-refractivity contribution in [3.8, 4) is 0 Å². The molecule has 0 aromatic heterocycles. The number of para-hydroxylation sites is 1. The summed E-state index contributed by atoms with van der Waals surface area (Å²) >= 11 is 0. The molecule has 0 saturated heterocycles. The predicted octanol–water partition coefficient (Wildman–Crippen LogP) is 2.18. The Morgan fingerprint density at radius 2 is 2.19 bits per heavy atom. The first-order valence-corrected chi connectivity index (χ1v) is 5.20. The summed E-state index contributed by atoms with van der Waals surface area (Å²) in [7, 11) is 0. The van der Waals surface area contributed by atoms with Crippen molar-refractivity contribution >= 4 is 17.4 Å². The highest BCUT2D eigenvalue weighted by atomic mass is 16.2. The average Bonchev–Trinajstić information content (AvgIpc) is 2.54. The van der Waals surface area contributed by atoms with E-state index in [1.165, 1.54) is 6.92 Å². The van der Waals surface area contributed by atoms with Gasteiger partial charge in [0.15, 0.2) is 5.78 Å². The number of fused-ring (bicyclic) bond motifs is 1. The second-order valence-corrected chi connectivity index (χ2v) is 3.81. The first-order chi connectivity index (χ1) is 7.66. The number of benzene rings is 1. The van der Waals surface area contributed by atoms with Crippen molar-refractivity contribution in [2.45, 2.75) is 19.4 Å². The van der Waals surface area contributed by atoms with Crippen molar-refractivity contribution in [2.75, 3.05) is 4.90 Å². The zero-order valence-corrected chi connectivity index (χ0v) is 9.14. The van der Waals surface area contributed by atoms with Gasteiger partial charge < -0.3 is 4.90 Å². The normalized spacial score (nSPS) is 18.4. The van der Waals surface area contributed by atoms with Crippen molar-refractivity contribution < 1.29 is 9.59 Å². The number of carbonyl (C=O) groups is 2. The van der Waals surface area contributed by atoms with E-state index >= 15 is 0 Å².